The summed E-state index contributed by atoms with van der Waals surface area (Å²) in [7, 11) is 1.56. The van der Waals surface area contributed by atoms with Gasteiger partial charge in [-0.25, -0.2) is 4.57 Å². The van der Waals surface area contributed by atoms with Gasteiger partial charge in [0.2, 0.25) is 5.91 Å². The van der Waals surface area contributed by atoms with Crippen molar-refractivity contribution in [1.82, 2.24) is 5.32 Å². The van der Waals surface area contributed by atoms with Crippen molar-refractivity contribution >= 4 is 13.7 Å². The number of phosphoric acid groups is 1. The van der Waals surface area contributed by atoms with Crippen LogP contribution in [0.15, 0.2) is 48.6 Å². The summed E-state index contributed by atoms with van der Waals surface area (Å²) in [5, 5.41) is 13.9. The SMILES string of the molecule is CCCCCCC/C=C\C/C=C\CCCCCCCCCCCCCC(=O)NC(COP(=O)(O)OCC[N+](C)(C)C)C(O)/C=C/CC/C=C/CCCCCCCCCCCCCCCCCCC. The highest BCUT2D eigenvalue weighted by Crippen LogP contribution is 2.43. The van der Waals surface area contributed by atoms with Crippen molar-refractivity contribution in [2.75, 3.05) is 40.9 Å². The average Bonchev–Trinajstić information content (AvgIpc) is 3.30. The van der Waals surface area contributed by atoms with Gasteiger partial charge in [-0.05, 0) is 64.2 Å². The van der Waals surface area contributed by atoms with Crippen molar-refractivity contribution < 1.29 is 32.9 Å². The molecule has 3 unspecified atom stereocenters. The Hall–Kier alpha value is -1.54. The van der Waals surface area contributed by atoms with Gasteiger partial charge in [0.1, 0.15) is 13.2 Å². The van der Waals surface area contributed by atoms with E-state index in [1.54, 1.807) is 6.08 Å². The number of nitrogens with zero attached hydrogens (tertiary/aromatic N) is 1. The van der Waals surface area contributed by atoms with E-state index in [0.29, 0.717) is 17.4 Å². The first-order chi connectivity index (χ1) is 33.0. The van der Waals surface area contributed by atoms with Crippen molar-refractivity contribution in [3.8, 4) is 0 Å². The summed E-state index contributed by atoms with van der Waals surface area (Å²) in [5.74, 6) is -0.187. The fourth-order valence-electron chi connectivity index (χ4n) is 8.44. The van der Waals surface area contributed by atoms with E-state index in [4.69, 9.17) is 9.05 Å². The third-order valence-electron chi connectivity index (χ3n) is 13.0. The number of quaternary nitrogens is 1. The molecule has 9 heteroatoms. The first-order valence-corrected chi connectivity index (χ1v) is 30.5. The molecule has 3 N–H and O–H groups in total. The largest absolute Gasteiger partial charge is 0.472 e. The predicted molar refractivity (Wildman–Crippen MR) is 295 cm³/mol. The molecule has 0 aliphatic carbocycles. The Morgan fingerprint density at radius 3 is 1.26 bits per heavy atom. The summed E-state index contributed by atoms with van der Waals surface area (Å²) in [6.45, 7) is 4.81. The third-order valence-corrected chi connectivity index (χ3v) is 14.0. The van der Waals surface area contributed by atoms with Crippen LogP contribution in [0.4, 0.5) is 0 Å². The zero-order chi connectivity index (χ0) is 49.9. The normalized spacial score (nSPS) is 14.3. The zero-order valence-corrected chi connectivity index (χ0v) is 46.5. The molecular formula is C59H114N2O6P+. The molecule has 0 saturated carbocycles. The maximum Gasteiger partial charge on any atom is 0.472 e. The van der Waals surface area contributed by atoms with Crippen LogP contribution in [-0.2, 0) is 18.4 Å². The quantitative estimate of drug-likeness (QED) is 0.0243. The predicted octanol–water partition coefficient (Wildman–Crippen LogP) is 17.5. The minimum absolute atomic E-state index is 0.0553. The van der Waals surface area contributed by atoms with E-state index in [2.05, 4.69) is 55.6 Å². The van der Waals surface area contributed by atoms with Gasteiger partial charge in [-0.1, -0.05) is 249 Å². The Morgan fingerprint density at radius 1 is 0.500 bits per heavy atom. The second kappa shape index (κ2) is 50.4. The maximum atomic E-state index is 13.0. The summed E-state index contributed by atoms with van der Waals surface area (Å²) in [6, 6.07) is -0.866. The van der Waals surface area contributed by atoms with Crippen LogP contribution < -0.4 is 5.32 Å². The molecule has 0 aliphatic rings. The molecule has 8 nitrogen and oxygen atoms in total. The molecule has 0 heterocycles. The van der Waals surface area contributed by atoms with E-state index in [9.17, 15) is 19.4 Å². The number of unbranched alkanes of at least 4 members (excludes halogenated alkanes) is 34. The van der Waals surface area contributed by atoms with Crippen molar-refractivity contribution in [1.29, 1.82) is 0 Å². The smallest absolute Gasteiger partial charge is 0.387 e. The van der Waals surface area contributed by atoms with Gasteiger partial charge in [-0.15, -0.1) is 0 Å². The molecule has 400 valence electrons. The number of carbonyl (C=O) groups excluding carboxylic acids is 1. The van der Waals surface area contributed by atoms with E-state index in [-0.39, 0.29) is 19.1 Å². The highest BCUT2D eigenvalue weighted by molar-refractivity contribution is 7.47. The van der Waals surface area contributed by atoms with Crippen LogP contribution in [0.1, 0.15) is 271 Å². The monoisotopic (exact) mass is 978 g/mol. The molecule has 0 bridgehead atoms. The summed E-state index contributed by atoms with van der Waals surface area (Å²) >= 11 is 0. The van der Waals surface area contributed by atoms with Crippen LogP contribution in [0.2, 0.25) is 0 Å². The number of phosphoric ester groups is 1. The lowest BCUT2D eigenvalue weighted by atomic mass is 10.0. The Balaban J connectivity index is 4.26. The Bertz CT molecular complexity index is 1250. The number of allylic oxidation sites excluding steroid dienone is 7. The Labute approximate surface area is 422 Å². The van der Waals surface area contributed by atoms with E-state index in [0.717, 1.165) is 44.9 Å². The lowest BCUT2D eigenvalue weighted by Crippen LogP contribution is -2.45. The van der Waals surface area contributed by atoms with E-state index < -0.39 is 20.0 Å². The van der Waals surface area contributed by atoms with Gasteiger partial charge in [0.15, 0.2) is 0 Å². The molecule has 0 radical (unpaired) electrons. The summed E-state index contributed by atoms with van der Waals surface area (Å²) in [6.07, 6.45) is 66.4. The number of hydrogen-bond donors (Lipinski definition) is 3. The zero-order valence-electron chi connectivity index (χ0n) is 45.6. The number of aliphatic hydroxyl groups is 1. The third kappa shape index (κ3) is 52.3. The fourth-order valence-corrected chi connectivity index (χ4v) is 9.18. The van der Waals surface area contributed by atoms with Crippen molar-refractivity contribution in [3.63, 3.8) is 0 Å². The second-order valence-corrected chi connectivity index (χ2v) is 22.5. The van der Waals surface area contributed by atoms with Crippen LogP contribution in [0, 0.1) is 0 Å². The second-order valence-electron chi connectivity index (χ2n) is 21.0. The summed E-state index contributed by atoms with van der Waals surface area (Å²) in [4.78, 5) is 23.3. The molecule has 0 rings (SSSR count). The van der Waals surface area contributed by atoms with Gasteiger partial charge in [-0.3, -0.25) is 13.8 Å². The highest BCUT2D eigenvalue weighted by atomic mass is 31.2. The number of likely N-dealkylation sites (N-methyl/N-ethyl adjacent to an activating group) is 1. The van der Waals surface area contributed by atoms with E-state index in [1.807, 2.05) is 27.2 Å². The fraction of sp³-hybridized carbons (Fsp3) is 0.847. The number of hydrogen-bond acceptors (Lipinski definition) is 5. The van der Waals surface area contributed by atoms with Gasteiger partial charge >= 0.3 is 7.82 Å². The number of amides is 1. The highest BCUT2D eigenvalue weighted by Gasteiger charge is 2.27. The minimum atomic E-state index is -4.36. The molecule has 0 aliphatic heterocycles. The van der Waals surface area contributed by atoms with Crippen molar-refractivity contribution in [2.24, 2.45) is 0 Å². The van der Waals surface area contributed by atoms with Crippen LogP contribution in [0.5, 0.6) is 0 Å². The van der Waals surface area contributed by atoms with Crippen LogP contribution in [0.25, 0.3) is 0 Å². The van der Waals surface area contributed by atoms with E-state index >= 15 is 0 Å². The van der Waals surface area contributed by atoms with Gasteiger partial charge in [0, 0.05) is 6.42 Å². The molecule has 0 aromatic rings. The topological polar surface area (TPSA) is 105 Å². The van der Waals surface area contributed by atoms with Crippen LogP contribution >= 0.6 is 7.82 Å². The molecule has 0 spiro atoms. The van der Waals surface area contributed by atoms with Crippen molar-refractivity contribution in [2.45, 2.75) is 283 Å². The molecule has 0 saturated heterocycles. The number of rotatable bonds is 53. The molecule has 1 amide bonds. The minimum Gasteiger partial charge on any atom is -0.387 e. The average molecular weight is 979 g/mol. The van der Waals surface area contributed by atoms with Gasteiger partial charge in [0.25, 0.3) is 0 Å². The first-order valence-electron chi connectivity index (χ1n) is 29.0. The van der Waals surface area contributed by atoms with E-state index in [1.165, 1.54) is 205 Å². The Kier molecular flexibility index (Phi) is 49.3. The maximum absolute atomic E-state index is 13.0. The van der Waals surface area contributed by atoms with Crippen LogP contribution in [0.3, 0.4) is 0 Å². The lowest BCUT2D eigenvalue weighted by Gasteiger charge is -2.25. The molecule has 68 heavy (non-hydrogen) atoms. The first kappa shape index (κ1) is 66.5. The standard InChI is InChI=1S/C59H113N2O6P/c1-6-8-10-12-14-16-18-20-22-24-26-28-30-32-34-36-38-40-42-44-46-48-50-52-58(62)57(56-67-68(64,65)66-55-54-61(3,4)5)60-59(63)53-51-49-47-45-43-41-39-37-35-33-31-29-27-25-23-21-19-17-15-13-11-9-7-2/h19,21,25,27,42,44,50,52,57-58,62H,6-18,20,22-24,26,28-41,43,45-49,51,53-56H2,1-5H3,(H-,60,63,64,65)/p+1/b21-19-,27-25-,44-42+,52-50+. The molecule has 0 aromatic heterocycles. The van der Waals surface area contributed by atoms with Gasteiger partial charge in [0.05, 0.1) is 39.9 Å². The summed E-state index contributed by atoms with van der Waals surface area (Å²) < 4.78 is 23.7. The van der Waals surface area contributed by atoms with Crippen LogP contribution in [-0.4, -0.2) is 73.4 Å². The van der Waals surface area contributed by atoms with Gasteiger partial charge in [-0.2, -0.15) is 0 Å². The molecule has 0 aromatic carbocycles. The number of carbonyl (C=O) groups is 1. The lowest BCUT2D eigenvalue weighted by molar-refractivity contribution is -0.870. The van der Waals surface area contributed by atoms with Gasteiger partial charge < -0.3 is 19.8 Å². The number of nitrogens with one attached hydrogen (secondary N) is 1. The molecule has 3 atom stereocenters. The molecule has 0 fully saturated rings. The Morgan fingerprint density at radius 2 is 0.853 bits per heavy atom. The molecular weight excluding hydrogens is 864 g/mol. The van der Waals surface area contributed by atoms with Crippen molar-refractivity contribution in [3.05, 3.63) is 48.6 Å². The summed E-state index contributed by atoms with van der Waals surface area (Å²) in [5.41, 5.74) is 0. The number of aliphatic hydroxyl groups excluding tert-OH is 1.